The van der Waals surface area contributed by atoms with Gasteiger partial charge in [-0.2, -0.15) is 18.3 Å². The number of carbonyl (C=O) groups is 1. The first-order valence-electron chi connectivity index (χ1n) is 11.5. The molecule has 0 unspecified atom stereocenters. The molecule has 0 saturated carbocycles. The maximum Gasteiger partial charge on any atom is 0.417 e. The number of rotatable bonds is 8. The molecule has 2 N–H and O–H groups in total. The van der Waals surface area contributed by atoms with Crippen LogP contribution in [0.5, 0.6) is 0 Å². The lowest BCUT2D eigenvalue weighted by molar-refractivity contribution is -0.142. The third-order valence-electron chi connectivity index (χ3n) is 5.56. The van der Waals surface area contributed by atoms with Gasteiger partial charge in [0.15, 0.2) is 0 Å². The first kappa shape index (κ1) is 26.7. The lowest BCUT2D eigenvalue weighted by atomic mass is 10.0. The predicted molar refractivity (Wildman–Crippen MR) is 131 cm³/mol. The highest BCUT2D eigenvalue weighted by Gasteiger charge is 2.35. The van der Waals surface area contributed by atoms with Gasteiger partial charge < -0.3 is 15.2 Å². The molecular formula is C26H23F4N5O3. The number of benzene rings is 2. The van der Waals surface area contributed by atoms with Gasteiger partial charge in [-0.05, 0) is 30.7 Å². The lowest BCUT2D eigenvalue weighted by Gasteiger charge is -2.17. The number of nitrogens with zero attached hydrogens (tertiary/aromatic N) is 4. The maximum absolute atomic E-state index is 15.1. The highest BCUT2D eigenvalue weighted by molar-refractivity contribution is 5.81. The van der Waals surface area contributed by atoms with Crippen molar-refractivity contribution in [3.8, 4) is 22.5 Å². The maximum atomic E-state index is 15.1. The lowest BCUT2D eigenvalue weighted by Crippen LogP contribution is -2.12. The van der Waals surface area contributed by atoms with E-state index in [4.69, 9.17) is 4.74 Å². The summed E-state index contributed by atoms with van der Waals surface area (Å²) in [6.07, 6.45) is -2.29. The number of hydrogen-bond donors (Lipinski definition) is 2. The number of aromatic nitrogens is 4. The molecular weight excluding hydrogens is 506 g/mol. The van der Waals surface area contributed by atoms with Crippen LogP contribution < -0.4 is 5.32 Å². The van der Waals surface area contributed by atoms with Gasteiger partial charge in [0.2, 0.25) is 0 Å². The Hall–Kier alpha value is -4.32. The van der Waals surface area contributed by atoms with Crippen LogP contribution in [-0.4, -0.2) is 37.4 Å². The zero-order valence-electron chi connectivity index (χ0n) is 20.4. The van der Waals surface area contributed by atoms with E-state index in [1.54, 1.807) is 38.2 Å². The van der Waals surface area contributed by atoms with E-state index >= 15 is 4.39 Å². The molecule has 2 aromatic carbocycles. The molecule has 0 aliphatic rings. The van der Waals surface area contributed by atoms with Gasteiger partial charge in [0.25, 0.3) is 0 Å². The molecule has 8 nitrogen and oxygen atoms in total. The zero-order valence-corrected chi connectivity index (χ0v) is 20.4. The molecule has 198 valence electrons. The van der Waals surface area contributed by atoms with Crippen LogP contribution in [0.4, 0.5) is 28.9 Å². The number of anilines is 2. The van der Waals surface area contributed by atoms with Crippen molar-refractivity contribution in [3.05, 3.63) is 77.6 Å². The molecule has 12 heteroatoms. The van der Waals surface area contributed by atoms with E-state index in [0.717, 1.165) is 6.07 Å². The molecule has 0 aliphatic heterocycles. The summed E-state index contributed by atoms with van der Waals surface area (Å²) in [4.78, 5) is 20.6. The average molecular weight is 529 g/mol. The van der Waals surface area contributed by atoms with Crippen LogP contribution in [0, 0.1) is 5.82 Å². The van der Waals surface area contributed by atoms with Gasteiger partial charge in [0.05, 0.1) is 47.7 Å². The molecule has 0 bridgehead atoms. The van der Waals surface area contributed by atoms with Crippen LogP contribution in [0.2, 0.25) is 0 Å². The topological polar surface area (TPSA) is 102 Å². The van der Waals surface area contributed by atoms with E-state index in [2.05, 4.69) is 20.4 Å². The summed E-state index contributed by atoms with van der Waals surface area (Å²) < 4.78 is 62.6. The Bertz CT molecular complexity index is 1470. The molecule has 0 aliphatic carbocycles. The van der Waals surface area contributed by atoms with Gasteiger partial charge >= 0.3 is 12.1 Å². The standard InChI is InChI=1S/C26H23F4N5O3/c1-3-38-24(37)12-23-31-13-22(25(33-23)16-7-5-4-6-15(16)14-36)32-21-10-17(20-8-9-35(2)34-20)18(11-19(21)27)26(28,29)30/h4-11,13,32,36H,3,12,14H2,1-2H3. The van der Waals surface area contributed by atoms with Gasteiger partial charge in [-0.3, -0.25) is 9.48 Å². The van der Waals surface area contributed by atoms with Gasteiger partial charge in [-0.15, -0.1) is 0 Å². The summed E-state index contributed by atoms with van der Waals surface area (Å²) in [5.74, 6) is -1.60. The van der Waals surface area contributed by atoms with Gasteiger partial charge in [-0.1, -0.05) is 24.3 Å². The number of hydrogen-bond acceptors (Lipinski definition) is 7. The Morgan fingerprint density at radius 3 is 2.55 bits per heavy atom. The molecule has 2 heterocycles. The SMILES string of the molecule is CCOC(=O)Cc1ncc(Nc2cc(-c3ccn(C)n3)c(C(F)(F)F)cc2F)c(-c2ccccc2CO)n1. The average Bonchev–Trinajstić information content (AvgIpc) is 3.31. The van der Waals surface area contributed by atoms with E-state index in [-0.39, 0.29) is 53.8 Å². The molecule has 4 rings (SSSR count). The van der Waals surface area contributed by atoms with Crippen molar-refractivity contribution in [2.45, 2.75) is 26.1 Å². The Morgan fingerprint density at radius 2 is 1.89 bits per heavy atom. The summed E-state index contributed by atoms with van der Waals surface area (Å²) in [5, 5.41) is 16.7. The van der Waals surface area contributed by atoms with Crippen molar-refractivity contribution < 1.29 is 32.2 Å². The fourth-order valence-corrected chi connectivity index (χ4v) is 3.85. The van der Waals surface area contributed by atoms with Crippen molar-refractivity contribution in [2.75, 3.05) is 11.9 Å². The van der Waals surface area contributed by atoms with Crippen LogP contribution in [-0.2, 0) is 35.8 Å². The third kappa shape index (κ3) is 5.80. The summed E-state index contributed by atoms with van der Waals surface area (Å²) in [6, 6.07) is 9.54. The number of alkyl halides is 3. The molecule has 0 fully saturated rings. The van der Waals surface area contributed by atoms with E-state index in [0.29, 0.717) is 17.2 Å². The van der Waals surface area contributed by atoms with E-state index in [1.165, 1.54) is 23.1 Å². The van der Waals surface area contributed by atoms with Crippen LogP contribution in [0.1, 0.15) is 23.9 Å². The second kappa shape index (κ2) is 11.0. The number of aryl methyl sites for hydroxylation is 1. The highest BCUT2D eigenvalue weighted by atomic mass is 19.4. The highest BCUT2D eigenvalue weighted by Crippen LogP contribution is 2.40. The number of nitrogens with one attached hydrogen (secondary N) is 1. The van der Waals surface area contributed by atoms with Gasteiger partial charge in [0.1, 0.15) is 18.1 Å². The van der Waals surface area contributed by atoms with Crippen molar-refractivity contribution in [1.82, 2.24) is 19.7 Å². The minimum atomic E-state index is -4.82. The number of halogens is 4. The smallest absolute Gasteiger partial charge is 0.417 e. The second-order valence-corrected chi connectivity index (χ2v) is 8.22. The molecule has 0 amide bonds. The Balaban J connectivity index is 1.84. The third-order valence-corrected chi connectivity index (χ3v) is 5.56. The molecule has 0 radical (unpaired) electrons. The van der Waals surface area contributed by atoms with Crippen molar-refractivity contribution in [2.24, 2.45) is 7.05 Å². The Morgan fingerprint density at radius 1 is 1.13 bits per heavy atom. The van der Waals surface area contributed by atoms with Crippen molar-refractivity contribution in [1.29, 1.82) is 0 Å². The monoisotopic (exact) mass is 529 g/mol. The number of ether oxygens (including phenoxy) is 1. The summed E-state index contributed by atoms with van der Waals surface area (Å²) in [7, 11) is 1.56. The van der Waals surface area contributed by atoms with Crippen LogP contribution >= 0.6 is 0 Å². The van der Waals surface area contributed by atoms with Crippen molar-refractivity contribution in [3.63, 3.8) is 0 Å². The molecule has 0 spiro atoms. The van der Waals surface area contributed by atoms with Crippen LogP contribution in [0.25, 0.3) is 22.5 Å². The van der Waals surface area contributed by atoms with Crippen molar-refractivity contribution >= 4 is 17.3 Å². The predicted octanol–water partition coefficient (Wildman–Crippen LogP) is 5.04. The van der Waals surface area contributed by atoms with Crippen LogP contribution in [0.3, 0.4) is 0 Å². The molecule has 0 saturated heterocycles. The summed E-state index contributed by atoms with van der Waals surface area (Å²) >= 11 is 0. The number of carbonyl (C=O) groups excluding carboxylic acids is 1. The summed E-state index contributed by atoms with van der Waals surface area (Å²) in [5.41, 5.74) is -0.462. The van der Waals surface area contributed by atoms with E-state index in [1.807, 2.05) is 0 Å². The van der Waals surface area contributed by atoms with Crippen LogP contribution in [0.15, 0.2) is 54.9 Å². The Kier molecular flexibility index (Phi) is 7.72. The largest absolute Gasteiger partial charge is 0.466 e. The van der Waals surface area contributed by atoms with Gasteiger partial charge in [0, 0.05) is 24.4 Å². The normalized spacial score (nSPS) is 11.4. The summed E-state index contributed by atoms with van der Waals surface area (Å²) in [6.45, 7) is 1.49. The number of aliphatic hydroxyl groups is 1. The molecule has 0 atom stereocenters. The molecule has 4 aromatic rings. The first-order chi connectivity index (χ1) is 18.1. The molecule has 38 heavy (non-hydrogen) atoms. The number of aliphatic hydroxyl groups excluding tert-OH is 1. The quantitative estimate of drug-likeness (QED) is 0.244. The minimum Gasteiger partial charge on any atom is -0.466 e. The second-order valence-electron chi connectivity index (χ2n) is 8.22. The van der Waals surface area contributed by atoms with Gasteiger partial charge in [-0.25, -0.2) is 14.4 Å². The Labute approximate surface area is 214 Å². The fourth-order valence-electron chi connectivity index (χ4n) is 3.85. The molecule has 2 aromatic heterocycles. The fraction of sp³-hybridized carbons (Fsp3) is 0.231. The first-order valence-corrected chi connectivity index (χ1v) is 11.5. The zero-order chi connectivity index (χ0) is 27.4. The van der Waals surface area contributed by atoms with E-state index in [9.17, 15) is 23.1 Å². The number of esters is 1. The van der Waals surface area contributed by atoms with E-state index < -0.39 is 23.5 Å². The minimum absolute atomic E-state index is 0.00904.